The molecule has 1 aliphatic heterocycles. The molecule has 88 valence electrons. The molecule has 0 amide bonds. The van der Waals surface area contributed by atoms with Gasteiger partial charge in [-0.3, -0.25) is 4.98 Å². The molecule has 0 saturated carbocycles. The molecule has 2 heterocycles. The lowest BCUT2D eigenvalue weighted by Gasteiger charge is -2.22. The van der Waals surface area contributed by atoms with Crippen LogP contribution in [0, 0.1) is 0 Å². The number of rotatable bonds is 2. The van der Waals surface area contributed by atoms with Crippen molar-refractivity contribution < 1.29 is 0 Å². The van der Waals surface area contributed by atoms with E-state index in [1.54, 1.807) is 0 Å². The largest absolute Gasteiger partial charge is 0.317 e. The molecule has 0 aliphatic carbocycles. The van der Waals surface area contributed by atoms with Crippen molar-refractivity contribution in [1.29, 1.82) is 0 Å². The number of piperidine rings is 1. The summed E-state index contributed by atoms with van der Waals surface area (Å²) in [6.07, 6.45) is 4.45. The highest BCUT2D eigenvalue weighted by atomic mass is 32.2. The van der Waals surface area contributed by atoms with E-state index in [2.05, 4.69) is 34.6 Å². The monoisotopic (exact) mass is 244 g/mol. The van der Waals surface area contributed by atoms with Crippen molar-refractivity contribution in [2.45, 2.75) is 23.0 Å². The third-order valence-electron chi connectivity index (χ3n) is 3.19. The molecule has 3 heteroatoms. The SMILES string of the molecule is c1ccc2c(SC3CCNCC3)ccnc2c1. The Hall–Kier alpha value is -1.06. The van der Waals surface area contributed by atoms with Crippen LogP contribution in [-0.2, 0) is 0 Å². The van der Waals surface area contributed by atoms with Crippen LogP contribution in [0.4, 0.5) is 0 Å². The molecule has 1 saturated heterocycles. The van der Waals surface area contributed by atoms with Gasteiger partial charge in [0.15, 0.2) is 0 Å². The van der Waals surface area contributed by atoms with Crippen molar-refractivity contribution in [3.8, 4) is 0 Å². The summed E-state index contributed by atoms with van der Waals surface area (Å²) >= 11 is 2.01. The summed E-state index contributed by atoms with van der Waals surface area (Å²) in [4.78, 5) is 5.79. The standard InChI is InChI=1S/C14H16N2S/c1-2-4-13-12(3-1)14(7-10-16-13)17-11-5-8-15-9-6-11/h1-4,7,10-11,15H,5-6,8-9H2. The minimum Gasteiger partial charge on any atom is -0.317 e. The Kier molecular flexibility index (Phi) is 3.29. The molecule has 2 nitrogen and oxygen atoms in total. The number of benzene rings is 1. The van der Waals surface area contributed by atoms with E-state index in [0.717, 1.165) is 23.9 Å². The highest BCUT2D eigenvalue weighted by molar-refractivity contribution is 8.00. The third kappa shape index (κ3) is 2.45. The van der Waals surface area contributed by atoms with Gasteiger partial charge in [-0.1, -0.05) is 18.2 Å². The van der Waals surface area contributed by atoms with E-state index < -0.39 is 0 Å². The van der Waals surface area contributed by atoms with E-state index in [4.69, 9.17) is 0 Å². The van der Waals surface area contributed by atoms with Gasteiger partial charge in [0.25, 0.3) is 0 Å². The van der Waals surface area contributed by atoms with Crippen molar-refractivity contribution in [2.75, 3.05) is 13.1 Å². The number of pyridine rings is 1. The Labute approximate surface area is 106 Å². The molecule has 0 bridgehead atoms. The molecule has 3 rings (SSSR count). The lowest BCUT2D eigenvalue weighted by Crippen LogP contribution is -2.29. The minimum atomic E-state index is 0.752. The van der Waals surface area contributed by atoms with Crippen LogP contribution in [0.25, 0.3) is 10.9 Å². The van der Waals surface area contributed by atoms with Gasteiger partial charge in [-0.05, 0) is 38.1 Å². The molecule has 0 unspecified atom stereocenters. The van der Waals surface area contributed by atoms with Crippen molar-refractivity contribution in [3.05, 3.63) is 36.5 Å². The maximum atomic E-state index is 4.41. The minimum absolute atomic E-state index is 0.752. The van der Waals surface area contributed by atoms with Gasteiger partial charge in [-0.15, -0.1) is 11.8 Å². The molecule has 0 radical (unpaired) electrons. The third-order valence-corrected chi connectivity index (χ3v) is 4.60. The average molecular weight is 244 g/mol. The molecule has 1 N–H and O–H groups in total. The van der Waals surface area contributed by atoms with Gasteiger partial charge in [0.05, 0.1) is 5.52 Å². The van der Waals surface area contributed by atoms with E-state index in [-0.39, 0.29) is 0 Å². The van der Waals surface area contributed by atoms with E-state index in [9.17, 15) is 0 Å². The molecule has 0 spiro atoms. The molecule has 1 aliphatic rings. The molecule has 17 heavy (non-hydrogen) atoms. The van der Waals surface area contributed by atoms with Crippen LogP contribution in [0.3, 0.4) is 0 Å². The summed E-state index contributed by atoms with van der Waals surface area (Å²) in [6.45, 7) is 2.31. The molecule has 2 aromatic rings. The van der Waals surface area contributed by atoms with Crippen LogP contribution in [0.5, 0.6) is 0 Å². The molecule has 1 aromatic heterocycles. The number of nitrogens with one attached hydrogen (secondary N) is 1. The molecule has 1 aromatic carbocycles. The first-order chi connectivity index (χ1) is 8.43. The molecular formula is C14H16N2S. The summed E-state index contributed by atoms with van der Waals surface area (Å²) < 4.78 is 0. The Morgan fingerprint density at radius 3 is 2.82 bits per heavy atom. The van der Waals surface area contributed by atoms with E-state index >= 15 is 0 Å². The predicted octanol–water partition coefficient (Wildman–Crippen LogP) is 3.08. The number of nitrogens with zero attached hydrogens (tertiary/aromatic N) is 1. The number of hydrogen-bond acceptors (Lipinski definition) is 3. The van der Waals surface area contributed by atoms with Crippen LogP contribution in [0.1, 0.15) is 12.8 Å². The number of fused-ring (bicyclic) bond motifs is 1. The van der Waals surface area contributed by atoms with Crippen LogP contribution in [0.15, 0.2) is 41.4 Å². The second kappa shape index (κ2) is 5.07. The second-order valence-corrected chi connectivity index (χ2v) is 5.74. The lowest BCUT2D eigenvalue weighted by atomic mass is 10.2. The van der Waals surface area contributed by atoms with Gasteiger partial charge in [-0.25, -0.2) is 0 Å². The maximum absolute atomic E-state index is 4.41. The van der Waals surface area contributed by atoms with Crippen LogP contribution in [0.2, 0.25) is 0 Å². The summed E-state index contributed by atoms with van der Waals surface area (Å²) in [7, 11) is 0. The zero-order chi connectivity index (χ0) is 11.5. The highest BCUT2D eigenvalue weighted by Crippen LogP contribution is 2.33. The maximum Gasteiger partial charge on any atom is 0.0713 e. The van der Waals surface area contributed by atoms with Gasteiger partial charge in [0.1, 0.15) is 0 Å². The number of aromatic nitrogens is 1. The lowest BCUT2D eigenvalue weighted by molar-refractivity contribution is 0.531. The zero-order valence-corrected chi connectivity index (χ0v) is 10.5. The summed E-state index contributed by atoms with van der Waals surface area (Å²) in [5.74, 6) is 0. The van der Waals surface area contributed by atoms with Crippen molar-refractivity contribution in [2.24, 2.45) is 0 Å². The van der Waals surface area contributed by atoms with E-state index in [1.807, 2.05) is 24.0 Å². The number of thioether (sulfide) groups is 1. The quantitative estimate of drug-likeness (QED) is 0.878. The number of hydrogen-bond donors (Lipinski definition) is 1. The van der Waals surface area contributed by atoms with Gasteiger partial charge < -0.3 is 5.32 Å². The van der Waals surface area contributed by atoms with Gasteiger partial charge in [0, 0.05) is 21.7 Å². The van der Waals surface area contributed by atoms with Crippen molar-refractivity contribution >= 4 is 22.7 Å². The Morgan fingerprint density at radius 2 is 1.94 bits per heavy atom. The Morgan fingerprint density at radius 1 is 1.12 bits per heavy atom. The van der Waals surface area contributed by atoms with E-state index in [0.29, 0.717) is 0 Å². The average Bonchev–Trinajstić information content (AvgIpc) is 2.40. The predicted molar refractivity (Wildman–Crippen MR) is 73.5 cm³/mol. The zero-order valence-electron chi connectivity index (χ0n) is 9.73. The second-order valence-electron chi connectivity index (χ2n) is 4.39. The van der Waals surface area contributed by atoms with E-state index in [1.165, 1.54) is 23.1 Å². The first-order valence-electron chi connectivity index (χ1n) is 6.14. The topological polar surface area (TPSA) is 24.9 Å². The highest BCUT2D eigenvalue weighted by Gasteiger charge is 2.15. The molecular weight excluding hydrogens is 228 g/mol. The molecule has 0 atom stereocenters. The fourth-order valence-electron chi connectivity index (χ4n) is 2.27. The Balaban J connectivity index is 1.89. The van der Waals surface area contributed by atoms with Crippen LogP contribution in [-0.4, -0.2) is 23.3 Å². The fraction of sp³-hybridized carbons (Fsp3) is 0.357. The van der Waals surface area contributed by atoms with Gasteiger partial charge in [0.2, 0.25) is 0 Å². The van der Waals surface area contributed by atoms with Crippen molar-refractivity contribution in [1.82, 2.24) is 10.3 Å². The van der Waals surface area contributed by atoms with Gasteiger partial charge >= 0.3 is 0 Å². The van der Waals surface area contributed by atoms with Crippen LogP contribution >= 0.6 is 11.8 Å². The smallest absolute Gasteiger partial charge is 0.0713 e. The summed E-state index contributed by atoms with van der Waals surface area (Å²) in [5.41, 5.74) is 1.10. The summed E-state index contributed by atoms with van der Waals surface area (Å²) in [5, 5.41) is 5.45. The first-order valence-corrected chi connectivity index (χ1v) is 7.02. The normalized spacial score (nSPS) is 17.4. The Bertz CT molecular complexity index is 501. The van der Waals surface area contributed by atoms with Gasteiger partial charge in [-0.2, -0.15) is 0 Å². The number of para-hydroxylation sites is 1. The molecule has 1 fully saturated rings. The first kappa shape index (κ1) is 11.1. The summed E-state index contributed by atoms with van der Waals surface area (Å²) in [6, 6.07) is 10.5. The fourth-order valence-corrected chi connectivity index (χ4v) is 3.53. The van der Waals surface area contributed by atoms with Crippen molar-refractivity contribution in [3.63, 3.8) is 0 Å². The van der Waals surface area contributed by atoms with Crippen LogP contribution < -0.4 is 5.32 Å².